The zero-order chi connectivity index (χ0) is 22.1. The van der Waals surface area contributed by atoms with E-state index in [9.17, 15) is 0 Å². The molecule has 7 heteroatoms. The second kappa shape index (κ2) is 10.9. The summed E-state index contributed by atoms with van der Waals surface area (Å²) in [7, 11) is 4.92. The Balaban J connectivity index is 1.56. The van der Waals surface area contributed by atoms with Gasteiger partial charge in [0.15, 0.2) is 17.5 Å². The number of nitrogens with zero attached hydrogens (tertiary/aromatic N) is 2. The van der Waals surface area contributed by atoms with Crippen molar-refractivity contribution in [1.29, 1.82) is 0 Å². The van der Waals surface area contributed by atoms with E-state index in [0.717, 1.165) is 11.5 Å². The minimum absolute atomic E-state index is 0.452. The molecule has 0 amide bonds. The molecule has 31 heavy (non-hydrogen) atoms. The van der Waals surface area contributed by atoms with Crippen molar-refractivity contribution in [3.8, 4) is 23.1 Å². The number of hydrogen-bond donors (Lipinski definition) is 2. The lowest BCUT2D eigenvalue weighted by Gasteiger charge is -2.14. The van der Waals surface area contributed by atoms with Crippen LogP contribution in [0.1, 0.15) is 16.7 Å². The van der Waals surface area contributed by atoms with E-state index in [2.05, 4.69) is 51.8 Å². The molecule has 0 bridgehead atoms. The molecule has 0 radical (unpaired) electrons. The fourth-order valence-corrected chi connectivity index (χ4v) is 2.90. The molecule has 0 saturated carbocycles. The molecule has 0 saturated heterocycles. The Labute approximate surface area is 183 Å². The molecule has 0 atom stereocenters. The van der Waals surface area contributed by atoms with Gasteiger partial charge in [-0.05, 0) is 30.2 Å². The Hall–Kier alpha value is -3.74. The summed E-state index contributed by atoms with van der Waals surface area (Å²) in [5.41, 5.74) is 3.44. The number of nitrogens with one attached hydrogen (secondary N) is 2. The standard InChI is InChI=1S/C24H28N4O3/c1-17-8-10-18(11-9-17)14-27-24(25-2)28-16-19-12-13-22(26-15-19)31-23-20(29-3)6-5-7-21(23)30-4/h5-13,15H,14,16H2,1-4H3,(H2,25,27,28). The summed E-state index contributed by atoms with van der Waals surface area (Å²) in [5.74, 6) is 2.82. The predicted molar refractivity (Wildman–Crippen MR) is 122 cm³/mol. The molecule has 0 aliphatic heterocycles. The Morgan fingerprint density at radius 1 is 0.871 bits per heavy atom. The van der Waals surface area contributed by atoms with Gasteiger partial charge in [0.05, 0.1) is 14.2 Å². The SMILES string of the molecule is CN=C(NCc1ccc(C)cc1)NCc1ccc(Oc2c(OC)cccc2OC)nc1. The number of rotatable bonds is 8. The molecule has 0 spiro atoms. The number of aliphatic imine (C=N–C) groups is 1. The highest BCUT2D eigenvalue weighted by Crippen LogP contribution is 2.39. The van der Waals surface area contributed by atoms with Gasteiger partial charge in [0, 0.05) is 32.4 Å². The first-order valence-electron chi connectivity index (χ1n) is 9.96. The van der Waals surface area contributed by atoms with Crippen molar-refractivity contribution >= 4 is 5.96 Å². The fourth-order valence-electron chi connectivity index (χ4n) is 2.90. The molecule has 162 valence electrons. The highest BCUT2D eigenvalue weighted by atomic mass is 16.5. The molecule has 0 aliphatic rings. The number of aryl methyl sites for hydroxylation is 1. The highest BCUT2D eigenvalue weighted by molar-refractivity contribution is 5.79. The van der Waals surface area contributed by atoms with Crippen molar-refractivity contribution in [2.75, 3.05) is 21.3 Å². The summed E-state index contributed by atoms with van der Waals surface area (Å²) in [5, 5.41) is 6.60. The monoisotopic (exact) mass is 420 g/mol. The summed E-state index contributed by atoms with van der Waals surface area (Å²) in [4.78, 5) is 8.67. The Morgan fingerprint density at radius 2 is 1.48 bits per heavy atom. The van der Waals surface area contributed by atoms with Crippen molar-refractivity contribution in [2.24, 2.45) is 4.99 Å². The number of hydrogen-bond acceptors (Lipinski definition) is 5. The smallest absolute Gasteiger partial charge is 0.219 e. The zero-order valence-corrected chi connectivity index (χ0v) is 18.3. The number of pyridine rings is 1. The summed E-state index contributed by atoms with van der Waals surface area (Å²) in [6, 6.07) is 17.6. The fraction of sp³-hybridized carbons (Fsp3) is 0.250. The molecular formula is C24H28N4O3. The molecule has 2 aromatic carbocycles. The van der Waals surface area contributed by atoms with Gasteiger partial charge in [0.2, 0.25) is 11.6 Å². The van der Waals surface area contributed by atoms with Crippen LogP contribution in [-0.2, 0) is 13.1 Å². The van der Waals surface area contributed by atoms with E-state index in [4.69, 9.17) is 14.2 Å². The van der Waals surface area contributed by atoms with Gasteiger partial charge < -0.3 is 24.8 Å². The minimum Gasteiger partial charge on any atom is -0.493 e. The van der Waals surface area contributed by atoms with Crippen LogP contribution < -0.4 is 24.8 Å². The van der Waals surface area contributed by atoms with Crippen LogP contribution in [0, 0.1) is 6.92 Å². The Kier molecular flexibility index (Phi) is 7.70. The molecule has 3 aromatic rings. The van der Waals surface area contributed by atoms with E-state index in [1.807, 2.05) is 30.3 Å². The average molecular weight is 421 g/mol. The van der Waals surface area contributed by atoms with Crippen LogP contribution in [0.3, 0.4) is 0 Å². The van der Waals surface area contributed by atoms with Crippen LogP contribution in [0.15, 0.2) is 65.8 Å². The maximum Gasteiger partial charge on any atom is 0.219 e. The third kappa shape index (κ3) is 6.12. The average Bonchev–Trinajstić information content (AvgIpc) is 2.81. The second-order valence-electron chi connectivity index (χ2n) is 6.86. The minimum atomic E-state index is 0.452. The van der Waals surface area contributed by atoms with Crippen LogP contribution >= 0.6 is 0 Å². The maximum atomic E-state index is 5.90. The van der Waals surface area contributed by atoms with E-state index in [1.54, 1.807) is 27.5 Å². The number of methoxy groups -OCH3 is 2. The van der Waals surface area contributed by atoms with Crippen molar-refractivity contribution < 1.29 is 14.2 Å². The van der Waals surface area contributed by atoms with Gasteiger partial charge >= 0.3 is 0 Å². The van der Waals surface area contributed by atoms with E-state index < -0.39 is 0 Å². The van der Waals surface area contributed by atoms with Gasteiger partial charge in [-0.15, -0.1) is 0 Å². The molecule has 0 aliphatic carbocycles. The van der Waals surface area contributed by atoms with Crippen molar-refractivity contribution in [2.45, 2.75) is 20.0 Å². The van der Waals surface area contributed by atoms with Gasteiger partial charge in [0.25, 0.3) is 0 Å². The summed E-state index contributed by atoms with van der Waals surface area (Å²) < 4.78 is 16.6. The van der Waals surface area contributed by atoms with Gasteiger partial charge in [-0.3, -0.25) is 4.99 Å². The van der Waals surface area contributed by atoms with E-state index >= 15 is 0 Å². The third-order valence-electron chi connectivity index (χ3n) is 4.65. The lowest BCUT2D eigenvalue weighted by atomic mass is 10.1. The summed E-state index contributed by atoms with van der Waals surface area (Å²) in [6.07, 6.45) is 1.76. The summed E-state index contributed by atoms with van der Waals surface area (Å²) >= 11 is 0. The van der Waals surface area contributed by atoms with Gasteiger partial charge in [0.1, 0.15) is 0 Å². The van der Waals surface area contributed by atoms with Gasteiger partial charge in [-0.1, -0.05) is 42.0 Å². The first-order valence-corrected chi connectivity index (χ1v) is 9.96. The topological polar surface area (TPSA) is 77.0 Å². The molecule has 1 heterocycles. The van der Waals surface area contributed by atoms with E-state index in [-0.39, 0.29) is 0 Å². The van der Waals surface area contributed by atoms with Crippen molar-refractivity contribution in [1.82, 2.24) is 15.6 Å². The lowest BCUT2D eigenvalue weighted by molar-refractivity contribution is 0.342. The first-order chi connectivity index (χ1) is 15.1. The Morgan fingerprint density at radius 3 is 2.03 bits per heavy atom. The third-order valence-corrected chi connectivity index (χ3v) is 4.65. The van der Waals surface area contributed by atoms with E-state index in [1.165, 1.54) is 11.1 Å². The molecular weight excluding hydrogens is 392 g/mol. The number of aromatic nitrogens is 1. The second-order valence-corrected chi connectivity index (χ2v) is 6.86. The van der Waals surface area contributed by atoms with Crippen LogP contribution in [0.5, 0.6) is 23.1 Å². The quantitative estimate of drug-likeness (QED) is 0.423. The number of benzene rings is 2. The maximum absolute atomic E-state index is 5.90. The normalized spacial score (nSPS) is 11.0. The predicted octanol–water partition coefficient (Wildman–Crippen LogP) is 4.06. The largest absolute Gasteiger partial charge is 0.493 e. The molecule has 3 rings (SSSR count). The number of ether oxygens (including phenoxy) is 3. The lowest BCUT2D eigenvalue weighted by Crippen LogP contribution is -2.36. The highest BCUT2D eigenvalue weighted by Gasteiger charge is 2.13. The van der Waals surface area contributed by atoms with Crippen LogP contribution in [-0.4, -0.2) is 32.2 Å². The number of guanidine groups is 1. The molecule has 2 N–H and O–H groups in total. The Bertz CT molecular complexity index is 980. The van der Waals surface area contributed by atoms with Crippen molar-refractivity contribution in [3.05, 3.63) is 77.5 Å². The molecule has 1 aromatic heterocycles. The molecule has 0 fully saturated rings. The van der Waals surface area contributed by atoms with Crippen LogP contribution in [0.25, 0.3) is 0 Å². The molecule has 0 unspecified atom stereocenters. The molecule has 7 nitrogen and oxygen atoms in total. The van der Waals surface area contributed by atoms with Crippen LogP contribution in [0.4, 0.5) is 0 Å². The zero-order valence-electron chi connectivity index (χ0n) is 18.3. The first kappa shape index (κ1) is 22.0. The summed E-state index contributed by atoms with van der Waals surface area (Å²) in [6.45, 7) is 3.36. The van der Waals surface area contributed by atoms with E-state index in [0.29, 0.717) is 36.2 Å². The van der Waals surface area contributed by atoms with Crippen molar-refractivity contribution in [3.63, 3.8) is 0 Å². The van der Waals surface area contributed by atoms with Crippen LogP contribution in [0.2, 0.25) is 0 Å². The van der Waals surface area contributed by atoms with Gasteiger partial charge in [-0.25, -0.2) is 4.98 Å². The number of para-hydroxylation sites is 1. The van der Waals surface area contributed by atoms with Gasteiger partial charge in [-0.2, -0.15) is 0 Å².